The molecule has 2 rings (SSSR count). The lowest BCUT2D eigenvalue weighted by Gasteiger charge is -2.34. The molecule has 0 aromatic heterocycles. The molecule has 0 spiro atoms. The number of halogens is 1. The Kier molecular flexibility index (Phi) is 4.40. The van der Waals surface area contributed by atoms with Gasteiger partial charge in [0.15, 0.2) is 0 Å². The molecule has 0 bridgehead atoms. The molecule has 1 aliphatic carbocycles. The maximum Gasteiger partial charge on any atom is 0.124 e. The fourth-order valence-corrected chi connectivity index (χ4v) is 3.09. The zero-order chi connectivity index (χ0) is 14.0. The van der Waals surface area contributed by atoms with Gasteiger partial charge in [-0.05, 0) is 49.3 Å². The number of nitrogens with two attached hydrogens (primary N) is 1. The summed E-state index contributed by atoms with van der Waals surface area (Å²) in [6.07, 6.45) is 3.59. The molecule has 0 aliphatic heterocycles. The average Bonchev–Trinajstić information content (AvgIpc) is 2.34. The molecule has 1 aromatic rings. The topological polar surface area (TPSA) is 38.0 Å². The van der Waals surface area contributed by atoms with Crippen molar-refractivity contribution in [1.29, 1.82) is 0 Å². The van der Waals surface area contributed by atoms with Crippen molar-refractivity contribution in [1.82, 2.24) is 0 Å². The van der Waals surface area contributed by atoms with E-state index in [-0.39, 0.29) is 10.8 Å². The van der Waals surface area contributed by atoms with Crippen LogP contribution in [0.15, 0.2) is 18.2 Å². The van der Waals surface area contributed by atoms with E-state index in [9.17, 15) is 4.39 Å². The fraction of sp³-hybridized carbons (Fsp3) is 0.533. The monoisotopic (exact) mass is 280 g/mol. The normalized spacial score (nSPS) is 27.0. The second kappa shape index (κ2) is 5.87. The second-order valence-electron chi connectivity index (χ2n) is 5.70. The molecule has 3 unspecified atom stereocenters. The highest BCUT2D eigenvalue weighted by atomic mass is 32.1. The van der Waals surface area contributed by atoms with Crippen LogP contribution in [0.5, 0.6) is 0 Å². The van der Waals surface area contributed by atoms with Gasteiger partial charge in [-0.1, -0.05) is 26.1 Å². The molecule has 1 saturated carbocycles. The van der Waals surface area contributed by atoms with Crippen molar-refractivity contribution in [2.75, 3.05) is 5.32 Å². The Hall–Kier alpha value is -1.16. The van der Waals surface area contributed by atoms with E-state index < -0.39 is 0 Å². The van der Waals surface area contributed by atoms with Gasteiger partial charge in [0.1, 0.15) is 10.8 Å². The predicted octanol–water partition coefficient (Wildman–Crippen LogP) is 3.70. The highest BCUT2D eigenvalue weighted by Crippen LogP contribution is 2.31. The predicted molar refractivity (Wildman–Crippen MR) is 81.9 cm³/mol. The van der Waals surface area contributed by atoms with Crippen LogP contribution in [0.25, 0.3) is 0 Å². The lowest BCUT2D eigenvalue weighted by Crippen LogP contribution is -2.33. The minimum Gasteiger partial charge on any atom is -0.389 e. The van der Waals surface area contributed by atoms with Crippen LogP contribution in [0.3, 0.4) is 0 Å². The third kappa shape index (κ3) is 3.44. The van der Waals surface area contributed by atoms with Gasteiger partial charge in [-0.15, -0.1) is 0 Å². The van der Waals surface area contributed by atoms with E-state index in [4.69, 9.17) is 18.0 Å². The molecule has 1 fully saturated rings. The van der Waals surface area contributed by atoms with E-state index in [1.54, 1.807) is 6.07 Å². The Labute approximate surface area is 119 Å². The second-order valence-corrected chi connectivity index (χ2v) is 6.14. The minimum absolute atomic E-state index is 0.235. The third-order valence-corrected chi connectivity index (χ3v) is 4.24. The molecule has 19 heavy (non-hydrogen) atoms. The molecule has 3 atom stereocenters. The van der Waals surface area contributed by atoms with Crippen LogP contribution in [0.4, 0.5) is 10.1 Å². The van der Waals surface area contributed by atoms with Crippen LogP contribution in [-0.4, -0.2) is 11.0 Å². The number of anilines is 1. The quantitative estimate of drug-likeness (QED) is 0.829. The summed E-state index contributed by atoms with van der Waals surface area (Å²) in [6, 6.07) is 4.99. The van der Waals surface area contributed by atoms with Crippen molar-refractivity contribution in [3.63, 3.8) is 0 Å². The first kappa shape index (κ1) is 14.3. The average molecular weight is 280 g/mol. The molecule has 0 amide bonds. The van der Waals surface area contributed by atoms with Gasteiger partial charge in [-0.25, -0.2) is 4.39 Å². The van der Waals surface area contributed by atoms with Crippen LogP contribution in [-0.2, 0) is 0 Å². The Bertz CT molecular complexity index is 475. The van der Waals surface area contributed by atoms with Crippen molar-refractivity contribution in [3.8, 4) is 0 Å². The zero-order valence-electron chi connectivity index (χ0n) is 11.4. The van der Waals surface area contributed by atoms with Crippen LogP contribution in [0.1, 0.15) is 38.7 Å². The van der Waals surface area contributed by atoms with E-state index in [0.717, 1.165) is 18.0 Å². The smallest absolute Gasteiger partial charge is 0.124 e. The number of rotatable bonds is 3. The van der Waals surface area contributed by atoms with Crippen molar-refractivity contribution in [2.24, 2.45) is 17.6 Å². The summed E-state index contributed by atoms with van der Waals surface area (Å²) in [7, 11) is 0. The van der Waals surface area contributed by atoms with Gasteiger partial charge in [0, 0.05) is 17.3 Å². The summed E-state index contributed by atoms with van der Waals surface area (Å²) in [5.74, 6) is 1.09. The first-order chi connectivity index (χ1) is 8.97. The molecule has 1 aromatic carbocycles. The standard InChI is InChI=1S/C15H21FN2S/c1-9-3-5-13(10(2)7-9)18-14-6-4-11(16)8-12(14)15(17)19/h4,6,8-10,13,18H,3,5,7H2,1-2H3,(H2,17,19). The maximum atomic E-state index is 13.3. The van der Waals surface area contributed by atoms with Crippen LogP contribution in [0.2, 0.25) is 0 Å². The summed E-state index contributed by atoms with van der Waals surface area (Å²) in [6.45, 7) is 4.56. The van der Waals surface area contributed by atoms with Gasteiger partial charge < -0.3 is 11.1 Å². The third-order valence-electron chi connectivity index (χ3n) is 4.02. The molecule has 0 radical (unpaired) electrons. The largest absolute Gasteiger partial charge is 0.389 e. The van der Waals surface area contributed by atoms with Crippen molar-refractivity contribution in [3.05, 3.63) is 29.6 Å². The zero-order valence-corrected chi connectivity index (χ0v) is 12.3. The molecule has 1 aliphatic rings. The van der Waals surface area contributed by atoms with Gasteiger partial charge in [0.25, 0.3) is 0 Å². The molecule has 4 heteroatoms. The van der Waals surface area contributed by atoms with E-state index in [2.05, 4.69) is 19.2 Å². The summed E-state index contributed by atoms with van der Waals surface area (Å²) < 4.78 is 13.3. The number of hydrogen-bond donors (Lipinski definition) is 2. The number of hydrogen-bond acceptors (Lipinski definition) is 2. The minimum atomic E-state index is -0.307. The summed E-state index contributed by atoms with van der Waals surface area (Å²) in [5.41, 5.74) is 7.12. The maximum absolute atomic E-state index is 13.3. The lowest BCUT2D eigenvalue weighted by molar-refractivity contribution is 0.276. The molecular weight excluding hydrogens is 259 g/mol. The van der Waals surface area contributed by atoms with Gasteiger partial charge >= 0.3 is 0 Å². The lowest BCUT2D eigenvalue weighted by atomic mass is 9.80. The molecular formula is C15H21FN2S. The van der Waals surface area contributed by atoms with E-state index in [0.29, 0.717) is 17.5 Å². The SMILES string of the molecule is CC1CCC(Nc2ccc(F)cc2C(N)=S)C(C)C1. The molecule has 0 saturated heterocycles. The Morgan fingerprint density at radius 2 is 2.11 bits per heavy atom. The van der Waals surface area contributed by atoms with Gasteiger partial charge in [-0.3, -0.25) is 0 Å². The fourth-order valence-electron chi connectivity index (χ4n) is 2.93. The van der Waals surface area contributed by atoms with Crippen LogP contribution < -0.4 is 11.1 Å². The van der Waals surface area contributed by atoms with E-state index >= 15 is 0 Å². The van der Waals surface area contributed by atoms with E-state index in [1.807, 2.05) is 0 Å². The Balaban J connectivity index is 2.17. The van der Waals surface area contributed by atoms with Crippen molar-refractivity contribution < 1.29 is 4.39 Å². The Morgan fingerprint density at radius 1 is 1.37 bits per heavy atom. The number of benzene rings is 1. The first-order valence-electron chi connectivity index (χ1n) is 6.83. The van der Waals surface area contributed by atoms with Crippen molar-refractivity contribution in [2.45, 2.75) is 39.2 Å². The van der Waals surface area contributed by atoms with Gasteiger partial charge in [-0.2, -0.15) is 0 Å². The van der Waals surface area contributed by atoms with Crippen LogP contribution in [0, 0.1) is 17.7 Å². The van der Waals surface area contributed by atoms with Crippen molar-refractivity contribution >= 4 is 22.9 Å². The summed E-state index contributed by atoms with van der Waals surface area (Å²) >= 11 is 5.00. The highest BCUT2D eigenvalue weighted by Gasteiger charge is 2.25. The van der Waals surface area contributed by atoms with Crippen LogP contribution >= 0.6 is 12.2 Å². The molecule has 104 valence electrons. The number of nitrogens with one attached hydrogen (secondary N) is 1. The Morgan fingerprint density at radius 3 is 2.74 bits per heavy atom. The number of thiocarbonyl (C=S) groups is 1. The first-order valence-corrected chi connectivity index (χ1v) is 7.24. The molecule has 3 N–H and O–H groups in total. The van der Waals surface area contributed by atoms with E-state index in [1.165, 1.54) is 25.0 Å². The van der Waals surface area contributed by atoms with Gasteiger partial charge in [0.2, 0.25) is 0 Å². The summed E-state index contributed by atoms with van der Waals surface area (Å²) in [5, 5.41) is 3.49. The summed E-state index contributed by atoms with van der Waals surface area (Å²) in [4.78, 5) is 0.235. The molecule has 2 nitrogen and oxygen atoms in total. The molecule has 0 heterocycles. The highest BCUT2D eigenvalue weighted by molar-refractivity contribution is 7.80. The van der Waals surface area contributed by atoms with Gasteiger partial charge in [0.05, 0.1) is 0 Å².